The van der Waals surface area contributed by atoms with Crippen LogP contribution in [-0.2, 0) is 15.7 Å². The first-order chi connectivity index (χ1) is 16.7. The molecule has 2 aliphatic rings. The molecule has 1 heterocycles. The molecule has 0 aromatic heterocycles. The van der Waals surface area contributed by atoms with Gasteiger partial charge < -0.3 is 4.74 Å². The van der Waals surface area contributed by atoms with E-state index in [0.717, 1.165) is 28.0 Å². The number of benzene rings is 2. The number of carbonyl (C=O) groups excluding carboxylic acids is 3. The largest absolute Gasteiger partial charge is 0.449 e. The SMILES string of the molecule is CCCOC(=O)N1C(=O)N(c2cccc(C(F)(F)F)c2)C2=C(C(=O)CC2)C1c1ccc(C#N)cc1. The second-order valence-electron chi connectivity index (χ2n) is 8.07. The minimum atomic E-state index is -4.65. The average molecular weight is 483 g/mol. The molecular formula is C25H20F3N3O4. The van der Waals surface area contributed by atoms with Crippen molar-refractivity contribution >= 4 is 23.6 Å². The molecule has 10 heteroatoms. The zero-order valence-corrected chi connectivity index (χ0v) is 18.6. The lowest BCUT2D eigenvalue weighted by atomic mass is 9.92. The van der Waals surface area contributed by atoms with Crippen molar-refractivity contribution in [1.29, 1.82) is 5.26 Å². The number of amides is 3. The maximum atomic E-state index is 13.7. The van der Waals surface area contributed by atoms with Crippen LogP contribution < -0.4 is 4.90 Å². The third-order valence-electron chi connectivity index (χ3n) is 5.81. The Labute approximate surface area is 199 Å². The van der Waals surface area contributed by atoms with Gasteiger partial charge in [-0.15, -0.1) is 0 Å². The van der Waals surface area contributed by atoms with E-state index in [4.69, 9.17) is 10.00 Å². The van der Waals surface area contributed by atoms with Crippen molar-refractivity contribution in [3.63, 3.8) is 0 Å². The van der Waals surface area contributed by atoms with E-state index < -0.39 is 29.9 Å². The number of alkyl halides is 3. The second-order valence-corrected chi connectivity index (χ2v) is 8.07. The lowest BCUT2D eigenvalue weighted by Crippen LogP contribution is -2.52. The number of anilines is 1. The van der Waals surface area contributed by atoms with Crippen molar-refractivity contribution in [3.05, 3.63) is 76.5 Å². The van der Waals surface area contributed by atoms with Crippen LogP contribution in [0.15, 0.2) is 59.8 Å². The van der Waals surface area contributed by atoms with Gasteiger partial charge in [0.2, 0.25) is 0 Å². The van der Waals surface area contributed by atoms with Crippen molar-refractivity contribution in [2.75, 3.05) is 11.5 Å². The van der Waals surface area contributed by atoms with Gasteiger partial charge in [-0.3, -0.25) is 9.69 Å². The molecule has 4 rings (SSSR count). The van der Waals surface area contributed by atoms with Gasteiger partial charge in [-0.05, 0) is 48.7 Å². The van der Waals surface area contributed by atoms with E-state index >= 15 is 0 Å². The summed E-state index contributed by atoms with van der Waals surface area (Å²) >= 11 is 0. The number of ketones is 1. The maximum absolute atomic E-state index is 13.7. The Hall–Kier alpha value is -4.13. The third kappa shape index (κ3) is 4.37. The van der Waals surface area contributed by atoms with E-state index in [-0.39, 0.29) is 42.2 Å². The fourth-order valence-corrected chi connectivity index (χ4v) is 4.25. The van der Waals surface area contributed by atoms with Crippen LogP contribution in [0.4, 0.5) is 28.4 Å². The van der Waals surface area contributed by atoms with Crippen LogP contribution in [-0.4, -0.2) is 29.4 Å². The molecule has 0 N–H and O–H groups in total. The molecule has 2 aromatic carbocycles. The molecule has 0 radical (unpaired) electrons. The van der Waals surface area contributed by atoms with Gasteiger partial charge in [-0.2, -0.15) is 18.4 Å². The normalized spacial score (nSPS) is 18.0. The summed E-state index contributed by atoms with van der Waals surface area (Å²) in [4.78, 5) is 41.5. The van der Waals surface area contributed by atoms with Gasteiger partial charge in [-0.25, -0.2) is 14.5 Å². The van der Waals surface area contributed by atoms with E-state index in [1.165, 1.54) is 30.3 Å². The van der Waals surface area contributed by atoms with E-state index in [1.54, 1.807) is 6.92 Å². The number of carbonyl (C=O) groups is 3. The number of hydrogen-bond donors (Lipinski definition) is 0. The van der Waals surface area contributed by atoms with Gasteiger partial charge in [-0.1, -0.05) is 25.1 Å². The summed E-state index contributed by atoms with van der Waals surface area (Å²) in [6, 6.07) is 10.1. The summed E-state index contributed by atoms with van der Waals surface area (Å²) in [7, 11) is 0. The predicted octanol–water partition coefficient (Wildman–Crippen LogP) is 5.72. The first kappa shape index (κ1) is 24.0. The zero-order chi connectivity index (χ0) is 25.3. The maximum Gasteiger partial charge on any atom is 0.418 e. The highest BCUT2D eigenvalue weighted by Gasteiger charge is 2.49. The van der Waals surface area contributed by atoms with Crippen molar-refractivity contribution in [2.45, 2.75) is 38.4 Å². The molecule has 0 spiro atoms. The fourth-order valence-electron chi connectivity index (χ4n) is 4.25. The van der Waals surface area contributed by atoms with Gasteiger partial charge in [0, 0.05) is 17.7 Å². The molecule has 1 unspecified atom stereocenters. The monoisotopic (exact) mass is 483 g/mol. The Bertz CT molecular complexity index is 1260. The molecule has 1 aliphatic heterocycles. The Balaban J connectivity index is 1.91. The highest BCUT2D eigenvalue weighted by molar-refractivity contribution is 6.12. The standard InChI is InChI=1S/C25H20F3N3O4/c1-2-12-35-24(34)31-22(16-8-6-15(14-29)7-9-16)21-19(10-11-20(21)32)30(23(31)33)18-5-3-4-17(13-18)25(26,27)28/h3-9,13,22H,2,10-12H2,1H3. The lowest BCUT2D eigenvalue weighted by molar-refractivity contribution is -0.137. The van der Waals surface area contributed by atoms with Crippen LogP contribution in [0.5, 0.6) is 0 Å². The molecule has 0 saturated heterocycles. The molecular weight excluding hydrogens is 463 g/mol. The number of Topliss-reactive ketones (excluding diaryl/α,β-unsaturated/α-hetero) is 1. The zero-order valence-electron chi connectivity index (χ0n) is 18.6. The van der Waals surface area contributed by atoms with E-state index in [2.05, 4.69) is 0 Å². The number of nitrogens with zero attached hydrogens (tertiary/aromatic N) is 3. The highest BCUT2D eigenvalue weighted by atomic mass is 19.4. The van der Waals surface area contributed by atoms with Crippen molar-refractivity contribution in [3.8, 4) is 6.07 Å². The molecule has 7 nitrogen and oxygen atoms in total. The van der Waals surface area contributed by atoms with Crippen LogP contribution in [0.25, 0.3) is 0 Å². The van der Waals surface area contributed by atoms with Crippen LogP contribution in [0.3, 0.4) is 0 Å². The quantitative estimate of drug-likeness (QED) is 0.555. The average Bonchev–Trinajstić information content (AvgIpc) is 3.22. The Morgan fingerprint density at radius 1 is 1.14 bits per heavy atom. The molecule has 0 fully saturated rings. The fraction of sp³-hybridized carbons (Fsp3) is 0.280. The molecule has 0 saturated carbocycles. The molecule has 180 valence electrons. The molecule has 2 aromatic rings. The van der Waals surface area contributed by atoms with E-state index in [0.29, 0.717) is 17.5 Å². The summed E-state index contributed by atoms with van der Waals surface area (Å²) in [5, 5.41) is 9.11. The van der Waals surface area contributed by atoms with Gasteiger partial charge in [0.15, 0.2) is 5.78 Å². The van der Waals surface area contributed by atoms with Crippen molar-refractivity contribution < 1.29 is 32.3 Å². The Morgan fingerprint density at radius 2 is 1.86 bits per heavy atom. The van der Waals surface area contributed by atoms with E-state index in [9.17, 15) is 27.6 Å². The van der Waals surface area contributed by atoms with Crippen LogP contribution in [0, 0.1) is 11.3 Å². The summed E-state index contributed by atoms with van der Waals surface area (Å²) in [5.41, 5.74) is 0.0429. The number of hydrogen-bond acceptors (Lipinski definition) is 5. The highest BCUT2D eigenvalue weighted by Crippen LogP contribution is 2.45. The van der Waals surface area contributed by atoms with Gasteiger partial charge in [0.05, 0.1) is 29.5 Å². The lowest BCUT2D eigenvalue weighted by Gasteiger charge is -2.40. The minimum Gasteiger partial charge on any atom is -0.449 e. The first-order valence-corrected chi connectivity index (χ1v) is 10.9. The number of nitriles is 1. The van der Waals surface area contributed by atoms with Crippen molar-refractivity contribution in [1.82, 2.24) is 4.90 Å². The predicted molar refractivity (Wildman–Crippen MR) is 118 cm³/mol. The number of allylic oxidation sites excluding steroid dienone is 1. The van der Waals surface area contributed by atoms with Crippen LogP contribution in [0.2, 0.25) is 0 Å². The number of urea groups is 1. The first-order valence-electron chi connectivity index (χ1n) is 10.9. The van der Waals surface area contributed by atoms with Crippen LogP contribution >= 0.6 is 0 Å². The Morgan fingerprint density at radius 3 is 2.49 bits per heavy atom. The Kier molecular flexibility index (Phi) is 6.35. The molecule has 1 aliphatic carbocycles. The van der Waals surface area contributed by atoms with Gasteiger partial charge in [0.25, 0.3) is 0 Å². The molecule has 0 bridgehead atoms. The summed E-state index contributed by atoms with van der Waals surface area (Å²) in [5.74, 6) is -0.327. The molecule has 3 amide bonds. The van der Waals surface area contributed by atoms with Crippen molar-refractivity contribution in [2.24, 2.45) is 0 Å². The second kappa shape index (κ2) is 9.25. The topological polar surface area (TPSA) is 90.7 Å². The molecule has 35 heavy (non-hydrogen) atoms. The summed E-state index contributed by atoms with van der Waals surface area (Å²) in [6.45, 7) is 1.77. The summed E-state index contributed by atoms with van der Waals surface area (Å²) < 4.78 is 45.3. The minimum absolute atomic E-state index is 0.00607. The number of rotatable bonds is 4. The van der Waals surface area contributed by atoms with E-state index in [1.807, 2.05) is 6.07 Å². The smallest absolute Gasteiger partial charge is 0.418 e. The number of imide groups is 1. The van der Waals surface area contributed by atoms with Crippen LogP contribution in [0.1, 0.15) is 48.9 Å². The third-order valence-corrected chi connectivity index (χ3v) is 5.81. The number of halogens is 3. The summed E-state index contributed by atoms with van der Waals surface area (Å²) in [6.07, 6.45) is -5.03. The van der Waals surface area contributed by atoms with Gasteiger partial charge >= 0.3 is 18.3 Å². The number of ether oxygens (including phenoxy) is 1. The van der Waals surface area contributed by atoms with Gasteiger partial charge in [0.1, 0.15) is 6.04 Å². The molecule has 1 atom stereocenters.